The van der Waals surface area contributed by atoms with Gasteiger partial charge in [0.25, 0.3) is 0 Å². The maximum absolute atomic E-state index is 1.59. The number of hydrogen-bond donors (Lipinski definition) is 0. The predicted octanol–water partition coefficient (Wildman–Crippen LogP) is 3.76. The molecule has 0 aliphatic heterocycles. The maximum atomic E-state index is 1.59. The molecule has 0 N–H and O–H groups in total. The van der Waals surface area contributed by atoms with Crippen molar-refractivity contribution in [3.05, 3.63) is 0 Å². The van der Waals surface area contributed by atoms with E-state index >= 15 is 0 Å². The first-order valence-corrected chi connectivity index (χ1v) is 5.91. The van der Waals surface area contributed by atoms with Crippen molar-refractivity contribution in [1.82, 2.24) is 0 Å². The van der Waals surface area contributed by atoms with Crippen LogP contribution in [0.1, 0.15) is 57.8 Å². The highest BCUT2D eigenvalue weighted by atomic mass is 14.6. The van der Waals surface area contributed by atoms with Crippen molar-refractivity contribution in [3.63, 3.8) is 0 Å². The van der Waals surface area contributed by atoms with Gasteiger partial charge in [0.1, 0.15) is 0 Å². The second-order valence-corrected chi connectivity index (χ2v) is 5.41. The molecule has 2 unspecified atom stereocenters. The first-order valence-electron chi connectivity index (χ1n) is 5.91. The molecule has 68 valence electrons. The molecule has 0 radical (unpaired) electrons. The molecule has 3 saturated carbocycles. The molecule has 0 aromatic rings. The minimum absolute atomic E-state index is 0.920. The highest BCUT2D eigenvalue weighted by Gasteiger charge is 2.53. The van der Waals surface area contributed by atoms with E-state index in [-0.39, 0.29) is 0 Å². The van der Waals surface area contributed by atoms with E-state index in [0.29, 0.717) is 0 Å². The summed E-state index contributed by atoms with van der Waals surface area (Å²) in [6.07, 6.45) is 14.2. The lowest BCUT2D eigenvalue weighted by molar-refractivity contribution is 0.0870. The van der Waals surface area contributed by atoms with E-state index in [1.165, 1.54) is 12.3 Å². The van der Waals surface area contributed by atoms with Crippen LogP contribution in [-0.4, -0.2) is 0 Å². The Morgan fingerprint density at radius 1 is 0.750 bits per heavy atom. The molecule has 3 aliphatic rings. The second kappa shape index (κ2) is 2.49. The summed E-state index contributed by atoms with van der Waals surface area (Å²) in [6, 6.07) is 0. The molecule has 0 amide bonds. The third-order valence-corrected chi connectivity index (χ3v) is 4.84. The SMILES string of the molecule is C1CCC2C(C1)CCCC21CC1. The van der Waals surface area contributed by atoms with E-state index in [4.69, 9.17) is 0 Å². The fourth-order valence-electron chi connectivity index (χ4n) is 4.04. The Morgan fingerprint density at radius 2 is 1.50 bits per heavy atom. The Kier molecular flexibility index (Phi) is 1.54. The van der Waals surface area contributed by atoms with Crippen molar-refractivity contribution in [3.8, 4) is 0 Å². The molecule has 12 heavy (non-hydrogen) atoms. The lowest BCUT2D eigenvalue weighted by Crippen LogP contribution is -2.32. The van der Waals surface area contributed by atoms with Gasteiger partial charge in [-0.15, -0.1) is 0 Å². The summed E-state index contributed by atoms with van der Waals surface area (Å²) in [6.45, 7) is 0. The molecule has 0 heterocycles. The van der Waals surface area contributed by atoms with Gasteiger partial charge in [0.05, 0.1) is 0 Å². The highest BCUT2D eigenvalue weighted by Crippen LogP contribution is 2.64. The molecule has 0 saturated heterocycles. The van der Waals surface area contributed by atoms with Crippen molar-refractivity contribution >= 4 is 0 Å². The van der Waals surface area contributed by atoms with Gasteiger partial charge in [0.2, 0.25) is 0 Å². The van der Waals surface area contributed by atoms with Crippen molar-refractivity contribution in [2.24, 2.45) is 17.3 Å². The Bertz CT molecular complexity index is 176. The summed E-state index contributed by atoms with van der Waals surface area (Å²) >= 11 is 0. The van der Waals surface area contributed by atoms with Crippen LogP contribution in [-0.2, 0) is 0 Å². The topological polar surface area (TPSA) is 0 Å². The largest absolute Gasteiger partial charge is 0.0530 e. The van der Waals surface area contributed by atoms with Gasteiger partial charge in [-0.3, -0.25) is 0 Å². The summed E-state index contributed by atoms with van der Waals surface area (Å²) in [7, 11) is 0. The van der Waals surface area contributed by atoms with Gasteiger partial charge in [0.15, 0.2) is 0 Å². The molecule has 3 fully saturated rings. The Hall–Kier alpha value is 0. The van der Waals surface area contributed by atoms with Crippen LogP contribution < -0.4 is 0 Å². The van der Waals surface area contributed by atoms with Crippen LogP contribution in [0.2, 0.25) is 0 Å². The van der Waals surface area contributed by atoms with Crippen LogP contribution in [0, 0.1) is 17.3 Å². The van der Waals surface area contributed by atoms with E-state index < -0.39 is 0 Å². The number of hydrogen-bond acceptors (Lipinski definition) is 0. The normalized spacial score (nSPS) is 44.0. The smallest absolute Gasteiger partial charge is 0.0266 e. The van der Waals surface area contributed by atoms with E-state index in [9.17, 15) is 0 Å². The summed E-state index contributed by atoms with van der Waals surface area (Å²) < 4.78 is 0. The van der Waals surface area contributed by atoms with Crippen LogP contribution in [0.25, 0.3) is 0 Å². The zero-order valence-electron chi connectivity index (χ0n) is 8.02. The van der Waals surface area contributed by atoms with E-state index in [2.05, 4.69) is 0 Å². The van der Waals surface area contributed by atoms with Crippen molar-refractivity contribution < 1.29 is 0 Å². The van der Waals surface area contributed by atoms with Crippen LogP contribution in [0.3, 0.4) is 0 Å². The van der Waals surface area contributed by atoms with Crippen molar-refractivity contribution in [2.75, 3.05) is 0 Å². The van der Waals surface area contributed by atoms with Crippen LogP contribution in [0.15, 0.2) is 0 Å². The highest BCUT2D eigenvalue weighted by molar-refractivity contribution is 5.03. The Morgan fingerprint density at radius 3 is 2.33 bits per heavy atom. The molecule has 2 atom stereocenters. The molecule has 3 rings (SSSR count). The number of fused-ring (bicyclic) bond motifs is 2. The predicted molar refractivity (Wildman–Crippen MR) is 51.0 cm³/mol. The van der Waals surface area contributed by atoms with Gasteiger partial charge in [-0.1, -0.05) is 32.1 Å². The summed E-state index contributed by atoms with van der Waals surface area (Å²) in [4.78, 5) is 0. The van der Waals surface area contributed by atoms with E-state index in [1.807, 2.05) is 0 Å². The third kappa shape index (κ3) is 0.963. The van der Waals surface area contributed by atoms with Gasteiger partial charge >= 0.3 is 0 Å². The van der Waals surface area contributed by atoms with Crippen molar-refractivity contribution in [2.45, 2.75) is 57.8 Å². The van der Waals surface area contributed by atoms with E-state index in [1.54, 1.807) is 51.4 Å². The molecule has 0 heteroatoms. The van der Waals surface area contributed by atoms with Gasteiger partial charge in [-0.05, 0) is 42.9 Å². The first-order chi connectivity index (χ1) is 5.91. The molecular formula is C12H20. The quantitative estimate of drug-likeness (QED) is 0.511. The van der Waals surface area contributed by atoms with Crippen LogP contribution in [0.4, 0.5) is 0 Å². The summed E-state index contributed by atoms with van der Waals surface area (Å²) in [5, 5.41) is 0. The minimum Gasteiger partial charge on any atom is -0.0530 e. The molecule has 0 nitrogen and oxygen atoms in total. The van der Waals surface area contributed by atoms with E-state index in [0.717, 1.165) is 11.3 Å². The standard InChI is InChI=1S/C12H20/c1-2-6-11-10(4-1)5-3-7-12(11)8-9-12/h10-11H,1-9H2. The summed E-state index contributed by atoms with van der Waals surface area (Å²) in [5.74, 6) is 2.34. The lowest BCUT2D eigenvalue weighted by Gasteiger charge is -2.42. The molecule has 3 aliphatic carbocycles. The minimum atomic E-state index is 0.920. The molecular weight excluding hydrogens is 144 g/mol. The second-order valence-electron chi connectivity index (χ2n) is 5.41. The zero-order valence-corrected chi connectivity index (χ0v) is 8.02. The fraction of sp³-hybridized carbons (Fsp3) is 1.00. The van der Waals surface area contributed by atoms with Gasteiger partial charge in [-0.25, -0.2) is 0 Å². The van der Waals surface area contributed by atoms with Gasteiger partial charge < -0.3 is 0 Å². The van der Waals surface area contributed by atoms with Crippen LogP contribution >= 0.6 is 0 Å². The molecule has 0 bridgehead atoms. The molecule has 0 aromatic heterocycles. The Labute approximate surface area is 75.7 Å². The van der Waals surface area contributed by atoms with Gasteiger partial charge in [0, 0.05) is 0 Å². The average Bonchev–Trinajstić information content (AvgIpc) is 2.87. The van der Waals surface area contributed by atoms with Crippen molar-refractivity contribution in [1.29, 1.82) is 0 Å². The van der Waals surface area contributed by atoms with Gasteiger partial charge in [-0.2, -0.15) is 0 Å². The third-order valence-electron chi connectivity index (χ3n) is 4.84. The average molecular weight is 164 g/mol. The molecule has 1 spiro atoms. The zero-order chi connectivity index (χ0) is 8.02. The van der Waals surface area contributed by atoms with Crippen LogP contribution in [0.5, 0.6) is 0 Å². The number of rotatable bonds is 0. The summed E-state index contributed by atoms with van der Waals surface area (Å²) in [5.41, 5.74) is 0.920. The fourth-order valence-corrected chi connectivity index (χ4v) is 4.04. The maximum Gasteiger partial charge on any atom is -0.0266 e. The lowest BCUT2D eigenvalue weighted by atomic mass is 9.63. The first kappa shape index (κ1) is 7.41. The molecule has 0 aromatic carbocycles. The Balaban J connectivity index is 1.80. The monoisotopic (exact) mass is 164 g/mol.